The third-order valence-corrected chi connectivity index (χ3v) is 7.67. The number of aromatic nitrogens is 4. The lowest BCUT2D eigenvalue weighted by molar-refractivity contribution is -0.696. The summed E-state index contributed by atoms with van der Waals surface area (Å²) in [5, 5.41) is 6.40. The van der Waals surface area contributed by atoms with Crippen molar-refractivity contribution < 1.29 is 33.9 Å². The highest BCUT2D eigenvalue weighted by molar-refractivity contribution is 6.32. The number of hydrogen-bond acceptors (Lipinski definition) is 0. The van der Waals surface area contributed by atoms with Gasteiger partial charge in [-0.25, -0.2) is 9.13 Å². The molecule has 0 saturated carbocycles. The fraction of sp³-hybridized carbons (Fsp3) is 0.267. The van der Waals surface area contributed by atoms with Gasteiger partial charge in [0.1, 0.15) is 24.1 Å². The van der Waals surface area contributed by atoms with E-state index < -0.39 is 0 Å². The molecule has 0 fully saturated rings. The largest absolute Gasteiger partial charge is 1.00 e. The van der Waals surface area contributed by atoms with E-state index in [-0.39, 0.29) is 24.8 Å². The molecule has 6 aromatic rings. The molecule has 0 aliphatic rings. The number of pyridine rings is 2. The van der Waals surface area contributed by atoms with Crippen molar-refractivity contribution in [2.75, 3.05) is 0 Å². The van der Waals surface area contributed by atoms with Gasteiger partial charge in [0.2, 0.25) is 0 Å². The predicted octanol–water partition coefficient (Wildman–Crippen LogP) is 1.89. The molecule has 2 N–H and O–H groups in total. The Balaban J connectivity index is 0.00000168. The van der Waals surface area contributed by atoms with Crippen LogP contribution in [0.15, 0.2) is 73.3 Å². The summed E-state index contributed by atoms with van der Waals surface area (Å²) >= 11 is 12.4. The van der Waals surface area contributed by atoms with Crippen molar-refractivity contribution in [1.82, 2.24) is 9.97 Å². The van der Waals surface area contributed by atoms with Crippen LogP contribution in [-0.4, -0.2) is 9.97 Å². The van der Waals surface area contributed by atoms with Crippen LogP contribution in [0.3, 0.4) is 0 Å². The second-order valence-electron chi connectivity index (χ2n) is 9.77. The van der Waals surface area contributed by atoms with Gasteiger partial charge in [-0.1, -0.05) is 36.0 Å². The van der Waals surface area contributed by atoms with Crippen molar-refractivity contribution in [2.45, 2.75) is 51.6 Å². The number of unbranched alkanes of at least 4 members (excludes halogenated alkanes) is 5. The van der Waals surface area contributed by atoms with E-state index in [1.807, 2.05) is 24.3 Å². The lowest BCUT2D eigenvalue weighted by Gasteiger charge is -2.01. The van der Waals surface area contributed by atoms with Gasteiger partial charge in [0, 0.05) is 67.6 Å². The maximum absolute atomic E-state index is 6.18. The first kappa shape index (κ1) is 28.5. The van der Waals surface area contributed by atoms with Gasteiger partial charge in [-0.05, 0) is 49.2 Å². The van der Waals surface area contributed by atoms with Gasteiger partial charge in [-0.3, -0.25) is 0 Å². The number of benzene rings is 2. The first-order chi connectivity index (χ1) is 17.6. The average molecular weight is 588 g/mol. The van der Waals surface area contributed by atoms with Gasteiger partial charge >= 0.3 is 0 Å². The highest BCUT2D eigenvalue weighted by atomic mass is 35.5. The number of aryl methyl sites for hydroxylation is 2. The van der Waals surface area contributed by atoms with Crippen LogP contribution in [0.4, 0.5) is 0 Å². The Labute approximate surface area is 244 Å². The van der Waals surface area contributed by atoms with Crippen molar-refractivity contribution in [3.8, 4) is 0 Å². The van der Waals surface area contributed by atoms with E-state index >= 15 is 0 Å². The Morgan fingerprint density at radius 3 is 1.37 bits per heavy atom. The maximum atomic E-state index is 6.18. The number of rotatable bonds is 9. The van der Waals surface area contributed by atoms with Gasteiger partial charge in [0.25, 0.3) is 0 Å². The summed E-state index contributed by atoms with van der Waals surface area (Å²) in [6, 6.07) is 16.4. The van der Waals surface area contributed by atoms with Crippen LogP contribution in [0.2, 0.25) is 10.0 Å². The van der Waals surface area contributed by atoms with Gasteiger partial charge in [0.15, 0.2) is 24.8 Å². The number of hydrogen-bond donors (Lipinski definition) is 2. The number of nitrogens with one attached hydrogen (secondary N) is 2. The molecule has 0 atom stereocenters. The van der Waals surface area contributed by atoms with Crippen molar-refractivity contribution in [3.63, 3.8) is 0 Å². The minimum atomic E-state index is 0. The minimum absolute atomic E-state index is 0. The Kier molecular flexibility index (Phi) is 9.43. The summed E-state index contributed by atoms with van der Waals surface area (Å²) in [4.78, 5) is 7.03. The topological polar surface area (TPSA) is 39.3 Å². The number of H-pyrrole nitrogens is 2. The van der Waals surface area contributed by atoms with E-state index in [1.54, 1.807) is 0 Å². The molecule has 2 aromatic carbocycles. The summed E-state index contributed by atoms with van der Waals surface area (Å²) in [7, 11) is 0. The molecule has 38 heavy (non-hydrogen) atoms. The van der Waals surface area contributed by atoms with Crippen LogP contribution < -0.4 is 33.9 Å². The molecular weight excluding hydrogens is 558 g/mol. The smallest absolute Gasteiger partial charge is 0.193 e. The maximum Gasteiger partial charge on any atom is 0.193 e. The highest BCUT2D eigenvalue weighted by Gasteiger charge is 2.11. The van der Waals surface area contributed by atoms with Crippen molar-refractivity contribution in [2.24, 2.45) is 0 Å². The van der Waals surface area contributed by atoms with Crippen molar-refractivity contribution >= 4 is 66.8 Å². The van der Waals surface area contributed by atoms with Crippen molar-refractivity contribution in [3.05, 3.63) is 83.4 Å². The third kappa shape index (κ3) is 6.05. The molecule has 198 valence electrons. The van der Waals surface area contributed by atoms with Gasteiger partial charge in [-0.15, -0.1) is 0 Å². The molecule has 4 nitrogen and oxygen atoms in total. The van der Waals surface area contributed by atoms with E-state index in [0.717, 1.165) is 34.2 Å². The van der Waals surface area contributed by atoms with Crippen LogP contribution in [-0.2, 0) is 13.1 Å². The summed E-state index contributed by atoms with van der Waals surface area (Å²) < 4.78 is 4.59. The van der Waals surface area contributed by atoms with E-state index in [0.29, 0.717) is 0 Å². The Morgan fingerprint density at radius 1 is 0.500 bits per heavy atom. The Morgan fingerprint density at radius 2 is 0.921 bits per heavy atom. The molecule has 0 unspecified atom stereocenters. The molecule has 6 rings (SSSR count). The molecule has 4 heterocycles. The fourth-order valence-electron chi connectivity index (χ4n) is 5.31. The monoisotopic (exact) mass is 586 g/mol. The highest BCUT2D eigenvalue weighted by Crippen LogP contribution is 2.28. The minimum Gasteiger partial charge on any atom is -1.00 e. The van der Waals surface area contributed by atoms with Crippen LogP contribution in [0.5, 0.6) is 0 Å². The quantitative estimate of drug-likeness (QED) is 0.192. The zero-order valence-electron chi connectivity index (χ0n) is 21.0. The average Bonchev–Trinajstić information content (AvgIpc) is 3.42. The normalized spacial score (nSPS) is 11.3. The van der Waals surface area contributed by atoms with Crippen LogP contribution in [0.1, 0.15) is 38.5 Å². The lowest BCUT2D eigenvalue weighted by Crippen LogP contribution is -3.00. The SMILES string of the molecule is Clc1ccc2[nH]c3c[n+](CCCCCCCC[n+]4ccc5c(c4)[nH]c4ccc(Cl)cc45)ccc3c2c1.[Cl-].[Cl-]. The molecule has 0 amide bonds. The molecule has 0 bridgehead atoms. The molecular formula is C30H30Cl4N4. The van der Waals surface area contributed by atoms with E-state index in [4.69, 9.17) is 23.2 Å². The van der Waals surface area contributed by atoms with E-state index in [1.165, 1.54) is 71.1 Å². The third-order valence-electron chi connectivity index (χ3n) is 7.20. The molecule has 0 aliphatic heterocycles. The molecule has 0 radical (unpaired) electrons. The first-order valence-corrected chi connectivity index (χ1v) is 13.6. The predicted molar refractivity (Wildman–Crippen MR) is 150 cm³/mol. The zero-order valence-corrected chi connectivity index (χ0v) is 24.0. The van der Waals surface area contributed by atoms with E-state index in [2.05, 4.69) is 68.2 Å². The van der Waals surface area contributed by atoms with E-state index in [9.17, 15) is 0 Å². The van der Waals surface area contributed by atoms with Crippen molar-refractivity contribution in [1.29, 1.82) is 0 Å². The number of halogens is 4. The molecule has 0 saturated heterocycles. The molecule has 0 spiro atoms. The van der Waals surface area contributed by atoms with Crippen LogP contribution in [0.25, 0.3) is 43.6 Å². The van der Waals surface area contributed by atoms with Crippen LogP contribution in [0, 0.1) is 0 Å². The number of fused-ring (bicyclic) bond motifs is 6. The van der Waals surface area contributed by atoms with Gasteiger partial charge in [0.05, 0.1) is 0 Å². The summed E-state index contributed by atoms with van der Waals surface area (Å²) in [5.74, 6) is 0. The molecule has 0 aliphatic carbocycles. The fourth-order valence-corrected chi connectivity index (χ4v) is 5.65. The van der Waals surface area contributed by atoms with Gasteiger partial charge in [-0.2, -0.15) is 0 Å². The standard InChI is InChI=1S/C30H28Cl2N4.2ClH/c31-21-7-9-27-25(17-21)23-11-15-35(19-29(23)33-27)13-5-3-1-2-4-6-14-36-16-12-24-26-18-22(32)8-10-28(26)34-30(24)20-36;;/h7-12,15-20H,1-6,13-14H2;2*1H. The second-order valence-corrected chi connectivity index (χ2v) is 10.6. The summed E-state index contributed by atoms with van der Waals surface area (Å²) in [6.45, 7) is 2.11. The Hall–Kier alpha value is -2.50. The van der Waals surface area contributed by atoms with Crippen LogP contribution >= 0.6 is 23.2 Å². The summed E-state index contributed by atoms with van der Waals surface area (Å²) in [6.07, 6.45) is 16.3. The lowest BCUT2D eigenvalue weighted by atomic mass is 10.1. The molecule has 8 heteroatoms. The number of aromatic amines is 2. The zero-order chi connectivity index (χ0) is 24.5. The Bertz CT molecular complexity index is 1560. The van der Waals surface area contributed by atoms with Gasteiger partial charge < -0.3 is 34.8 Å². The molecule has 4 aromatic heterocycles. The summed E-state index contributed by atoms with van der Waals surface area (Å²) in [5.41, 5.74) is 4.61. The number of nitrogens with zero attached hydrogens (tertiary/aromatic N) is 2. The second kappa shape index (κ2) is 12.6. The first-order valence-electron chi connectivity index (χ1n) is 12.8.